The van der Waals surface area contributed by atoms with E-state index in [1.54, 1.807) is 22.5 Å². The number of ether oxygens (including phenoxy) is 2. The molecule has 3 aromatic rings. The summed E-state index contributed by atoms with van der Waals surface area (Å²) < 4.78 is 11.5. The first-order chi connectivity index (χ1) is 23.0. The van der Waals surface area contributed by atoms with Crippen LogP contribution >= 0.6 is 11.3 Å². The van der Waals surface area contributed by atoms with E-state index in [1.165, 1.54) is 16.2 Å². The molecule has 0 aliphatic carbocycles. The molecule has 48 heavy (non-hydrogen) atoms. The van der Waals surface area contributed by atoms with Gasteiger partial charge in [-0.2, -0.15) is 0 Å². The summed E-state index contributed by atoms with van der Waals surface area (Å²) in [5.41, 5.74) is 5.75. The molecule has 0 spiro atoms. The molecule has 0 radical (unpaired) electrons. The van der Waals surface area contributed by atoms with Gasteiger partial charge in [-0.3, -0.25) is 19.2 Å². The van der Waals surface area contributed by atoms with Gasteiger partial charge >= 0.3 is 5.97 Å². The van der Waals surface area contributed by atoms with Crippen LogP contribution in [-0.2, 0) is 32.2 Å². The zero-order valence-electron chi connectivity index (χ0n) is 27.4. The molecule has 1 fully saturated rings. The molecular formula is C35H42N4O8S. The highest BCUT2D eigenvalue weighted by Crippen LogP contribution is 2.33. The first-order valence-electron chi connectivity index (χ1n) is 16.2. The number of carbonyl (C=O) groups is 4. The smallest absolute Gasteiger partial charge is 0.305 e. The summed E-state index contributed by atoms with van der Waals surface area (Å²) in [4.78, 5) is 60.0. The van der Waals surface area contributed by atoms with Crippen molar-refractivity contribution in [2.75, 3.05) is 26.4 Å². The fourth-order valence-electron chi connectivity index (χ4n) is 6.22. The number of likely N-dealkylation sites (tertiary alicyclic amines) is 1. The standard InChI is InChI=1S/C35H42N4O8S/c1-21(2)31(39-18-25-7-4-5-8-27(25)34(39)44)35(45)38-19-26(40)16-28(38)33(43)36-17-24-10-9-23(32-22(3)37-20-48-32)15-29(24)47-13-6-12-46-14-11-30(41)42/h4-5,7-10,15,20-21,26,28,31,40H,6,11-14,16-19H2,1-3H3,(H,36,43)(H,41,42)/t26-,28+,31?/m1/s1. The molecule has 2 aliphatic heterocycles. The first-order valence-corrected chi connectivity index (χ1v) is 17.0. The monoisotopic (exact) mass is 678 g/mol. The average molecular weight is 679 g/mol. The Balaban J connectivity index is 1.27. The second-order valence-corrected chi connectivity index (χ2v) is 13.3. The molecular weight excluding hydrogens is 636 g/mol. The number of hydrogen-bond donors (Lipinski definition) is 3. The number of rotatable bonds is 15. The van der Waals surface area contributed by atoms with Gasteiger partial charge in [0.15, 0.2) is 0 Å². The molecule has 5 rings (SSSR count). The third kappa shape index (κ3) is 8.03. The Morgan fingerprint density at radius 1 is 1.12 bits per heavy atom. The number of hydrogen-bond acceptors (Lipinski definition) is 9. The molecule has 256 valence electrons. The molecule has 0 saturated carbocycles. The maximum atomic E-state index is 14.1. The van der Waals surface area contributed by atoms with Crippen molar-refractivity contribution in [2.45, 2.75) is 71.3 Å². The first kappa shape index (κ1) is 35.0. The Morgan fingerprint density at radius 2 is 1.92 bits per heavy atom. The molecule has 3 atom stereocenters. The second-order valence-electron chi connectivity index (χ2n) is 12.4. The van der Waals surface area contributed by atoms with Gasteiger partial charge in [-0.05, 0) is 36.1 Å². The summed E-state index contributed by atoms with van der Waals surface area (Å²) >= 11 is 1.51. The highest BCUT2D eigenvalue weighted by Gasteiger charge is 2.45. The number of aromatic nitrogens is 1. The van der Waals surface area contributed by atoms with Crippen LogP contribution in [0.15, 0.2) is 48.0 Å². The molecule has 1 unspecified atom stereocenters. The third-order valence-corrected chi connectivity index (χ3v) is 9.59. The van der Waals surface area contributed by atoms with E-state index in [0.29, 0.717) is 37.5 Å². The summed E-state index contributed by atoms with van der Waals surface area (Å²) in [5, 5.41) is 22.3. The Labute approximate surface area is 283 Å². The molecule has 2 aliphatic rings. The highest BCUT2D eigenvalue weighted by molar-refractivity contribution is 7.13. The van der Waals surface area contributed by atoms with Crippen LogP contribution in [0.5, 0.6) is 5.75 Å². The lowest BCUT2D eigenvalue weighted by molar-refractivity contribution is -0.143. The predicted octanol–water partition coefficient (Wildman–Crippen LogP) is 3.64. The molecule has 2 aromatic carbocycles. The van der Waals surface area contributed by atoms with E-state index in [4.69, 9.17) is 14.6 Å². The summed E-state index contributed by atoms with van der Waals surface area (Å²) in [5.74, 6) is -1.55. The van der Waals surface area contributed by atoms with Crippen molar-refractivity contribution in [1.29, 1.82) is 0 Å². The van der Waals surface area contributed by atoms with Gasteiger partial charge in [0, 0.05) is 50.2 Å². The number of benzene rings is 2. The van der Waals surface area contributed by atoms with Crippen molar-refractivity contribution in [3.05, 3.63) is 70.4 Å². The molecule has 3 heterocycles. The third-order valence-electron chi connectivity index (χ3n) is 8.61. The molecule has 3 N–H and O–H groups in total. The number of nitrogens with one attached hydrogen (secondary N) is 1. The molecule has 3 amide bonds. The van der Waals surface area contributed by atoms with E-state index < -0.39 is 30.1 Å². The van der Waals surface area contributed by atoms with Crippen molar-refractivity contribution in [3.8, 4) is 16.2 Å². The predicted molar refractivity (Wildman–Crippen MR) is 178 cm³/mol. The lowest BCUT2D eigenvalue weighted by atomic mass is 10.0. The number of carboxylic acids is 1. The van der Waals surface area contributed by atoms with E-state index in [1.807, 2.05) is 51.1 Å². The van der Waals surface area contributed by atoms with Crippen molar-refractivity contribution >= 4 is 35.0 Å². The van der Waals surface area contributed by atoms with Crippen LogP contribution in [0.2, 0.25) is 0 Å². The maximum Gasteiger partial charge on any atom is 0.305 e. The van der Waals surface area contributed by atoms with Gasteiger partial charge in [-0.25, -0.2) is 4.98 Å². The maximum absolute atomic E-state index is 14.1. The van der Waals surface area contributed by atoms with Gasteiger partial charge in [0.25, 0.3) is 5.91 Å². The number of aliphatic carboxylic acids is 1. The van der Waals surface area contributed by atoms with Crippen LogP contribution in [0.3, 0.4) is 0 Å². The quantitative estimate of drug-likeness (QED) is 0.204. The Kier molecular flexibility index (Phi) is 11.5. The second kappa shape index (κ2) is 15.7. The molecule has 1 saturated heterocycles. The number of thiazole rings is 1. The number of carbonyl (C=O) groups excluding carboxylic acids is 3. The number of aliphatic hydroxyl groups is 1. The van der Waals surface area contributed by atoms with Crippen LogP contribution in [0.25, 0.3) is 10.4 Å². The summed E-state index contributed by atoms with van der Waals surface area (Å²) in [6.07, 6.45) is -0.313. The summed E-state index contributed by atoms with van der Waals surface area (Å²) in [6, 6.07) is 11.3. The zero-order valence-corrected chi connectivity index (χ0v) is 28.2. The van der Waals surface area contributed by atoms with Gasteiger partial charge < -0.3 is 34.8 Å². The average Bonchev–Trinajstić information content (AvgIpc) is 3.76. The normalized spacial score (nSPS) is 17.9. The van der Waals surface area contributed by atoms with Crippen LogP contribution in [0.4, 0.5) is 0 Å². The number of fused-ring (bicyclic) bond motifs is 1. The number of amides is 3. The Bertz CT molecular complexity index is 1640. The van der Waals surface area contributed by atoms with Crippen LogP contribution in [-0.4, -0.2) is 93.2 Å². The van der Waals surface area contributed by atoms with Crippen molar-refractivity contribution in [2.24, 2.45) is 5.92 Å². The summed E-state index contributed by atoms with van der Waals surface area (Å²) in [7, 11) is 0. The lowest BCUT2D eigenvalue weighted by Gasteiger charge is -2.35. The van der Waals surface area contributed by atoms with Crippen molar-refractivity contribution in [3.63, 3.8) is 0 Å². The SMILES string of the molecule is Cc1ncsc1-c1ccc(CNC(=O)[C@@H]2C[C@@H](O)CN2C(=O)C(C(C)C)N2Cc3ccccc3C2=O)c(OCCCOCCC(=O)O)c1. The molecule has 0 bridgehead atoms. The van der Waals surface area contributed by atoms with E-state index in [0.717, 1.165) is 27.3 Å². The van der Waals surface area contributed by atoms with Crippen LogP contribution in [0.1, 0.15) is 60.3 Å². The van der Waals surface area contributed by atoms with Gasteiger partial charge in [0.05, 0.1) is 41.8 Å². The Morgan fingerprint density at radius 3 is 2.62 bits per heavy atom. The molecule has 12 nitrogen and oxygen atoms in total. The van der Waals surface area contributed by atoms with Crippen LogP contribution in [0, 0.1) is 12.8 Å². The van der Waals surface area contributed by atoms with Gasteiger partial charge in [-0.15, -0.1) is 11.3 Å². The minimum absolute atomic E-state index is 0.000906. The van der Waals surface area contributed by atoms with E-state index in [-0.39, 0.29) is 50.3 Å². The van der Waals surface area contributed by atoms with E-state index in [2.05, 4.69) is 10.3 Å². The minimum atomic E-state index is -0.917. The van der Waals surface area contributed by atoms with Crippen LogP contribution < -0.4 is 10.1 Å². The fraction of sp³-hybridized carbons (Fsp3) is 0.457. The topological polar surface area (TPSA) is 159 Å². The van der Waals surface area contributed by atoms with Crippen molar-refractivity contribution < 1.29 is 38.9 Å². The number of nitrogens with zero attached hydrogens (tertiary/aromatic N) is 3. The number of β-amino-alcohol motifs (C(OH)–C–C–N with tert-alkyl or cyclic N) is 1. The van der Waals surface area contributed by atoms with E-state index in [9.17, 15) is 24.3 Å². The molecule has 1 aromatic heterocycles. The van der Waals surface area contributed by atoms with Gasteiger partial charge in [-0.1, -0.05) is 44.2 Å². The zero-order chi connectivity index (χ0) is 34.4. The summed E-state index contributed by atoms with van der Waals surface area (Å²) in [6.45, 7) is 6.89. The Hall–Kier alpha value is -4.33. The number of aryl methyl sites for hydroxylation is 1. The lowest BCUT2D eigenvalue weighted by Crippen LogP contribution is -2.55. The minimum Gasteiger partial charge on any atom is -0.493 e. The van der Waals surface area contributed by atoms with Gasteiger partial charge in [0.2, 0.25) is 11.8 Å². The number of carboxylic acid groups (broad SMARTS) is 1. The largest absolute Gasteiger partial charge is 0.493 e. The molecule has 13 heteroatoms. The van der Waals surface area contributed by atoms with Gasteiger partial charge in [0.1, 0.15) is 17.8 Å². The van der Waals surface area contributed by atoms with Crippen molar-refractivity contribution in [1.82, 2.24) is 20.1 Å². The highest BCUT2D eigenvalue weighted by atomic mass is 32.1. The fourth-order valence-corrected chi connectivity index (χ4v) is 7.02. The number of aliphatic hydroxyl groups excluding tert-OH is 1. The van der Waals surface area contributed by atoms with E-state index >= 15 is 0 Å².